The first-order chi connectivity index (χ1) is 18.4. The minimum absolute atomic E-state index is 0.636. The van der Waals surface area contributed by atoms with Gasteiger partial charge in [0.1, 0.15) is 0 Å². The first-order valence-corrected chi connectivity index (χ1v) is 15.8. The molecule has 3 rings (SSSR count). The highest BCUT2D eigenvalue weighted by molar-refractivity contribution is 5.17. The van der Waals surface area contributed by atoms with Gasteiger partial charge in [0.15, 0.2) is 0 Å². The van der Waals surface area contributed by atoms with Crippen molar-refractivity contribution in [3.8, 4) is 0 Å². The van der Waals surface area contributed by atoms with E-state index in [1.165, 1.54) is 133 Å². The van der Waals surface area contributed by atoms with Crippen LogP contribution < -0.4 is 0 Å². The zero-order valence-corrected chi connectivity index (χ0v) is 23.8. The first-order valence-electron chi connectivity index (χ1n) is 15.8. The Morgan fingerprint density at radius 2 is 0.838 bits per heavy atom. The van der Waals surface area contributed by atoms with E-state index in [0.29, 0.717) is 6.10 Å². The summed E-state index contributed by atoms with van der Waals surface area (Å²) in [5.74, 6) is 0. The Labute approximate surface area is 229 Å². The van der Waals surface area contributed by atoms with Crippen LogP contribution in [0, 0.1) is 0 Å². The zero-order chi connectivity index (χ0) is 25.6. The molecular formula is C35H55NO. The number of benzene rings is 2. The molecule has 1 saturated heterocycles. The van der Waals surface area contributed by atoms with Gasteiger partial charge in [-0.25, -0.2) is 0 Å². The maximum absolute atomic E-state index is 5.28. The summed E-state index contributed by atoms with van der Waals surface area (Å²) in [6, 6.07) is 21.9. The van der Waals surface area contributed by atoms with Gasteiger partial charge in [-0.05, 0) is 30.5 Å². The van der Waals surface area contributed by atoms with Gasteiger partial charge in [-0.2, -0.15) is 0 Å². The maximum atomic E-state index is 5.28. The Hall–Kier alpha value is -1.64. The fourth-order valence-corrected chi connectivity index (χ4v) is 5.49. The molecule has 206 valence electrons. The molecule has 0 saturated carbocycles. The van der Waals surface area contributed by atoms with Crippen LogP contribution in [0.3, 0.4) is 0 Å². The molecule has 1 aliphatic rings. The third kappa shape index (κ3) is 16.0. The SMILES string of the molecule is c1ccc(CN(CCCCCCCCCCCCCCCCCCCC2CO2)Cc2ccccc2)cc1. The summed E-state index contributed by atoms with van der Waals surface area (Å²) >= 11 is 0. The second-order valence-electron chi connectivity index (χ2n) is 11.4. The molecule has 1 heterocycles. The molecule has 0 spiro atoms. The minimum atomic E-state index is 0.636. The zero-order valence-electron chi connectivity index (χ0n) is 23.8. The van der Waals surface area contributed by atoms with E-state index in [9.17, 15) is 0 Å². The van der Waals surface area contributed by atoms with Gasteiger partial charge in [-0.3, -0.25) is 4.90 Å². The van der Waals surface area contributed by atoms with Crippen molar-refractivity contribution in [2.24, 2.45) is 0 Å². The molecule has 1 fully saturated rings. The number of hydrogen-bond donors (Lipinski definition) is 0. The second kappa shape index (κ2) is 20.3. The molecule has 0 amide bonds. The van der Waals surface area contributed by atoms with Crippen LogP contribution in [0.15, 0.2) is 60.7 Å². The molecule has 1 unspecified atom stereocenters. The number of hydrogen-bond acceptors (Lipinski definition) is 2. The van der Waals surface area contributed by atoms with Crippen molar-refractivity contribution in [2.45, 2.75) is 135 Å². The van der Waals surface area contributed by atoms with Crippen LogP contribution in [-0.4, -0.2) is 24.2 Å². The van der Waals surface area contributed by atoms with E-state index in [4.69, 9.17) is 4.74 Å². The van der Waals surface area contributed by atoms with Gasteiger partial charge in [0.2, 0.25) is 0 Å². The predicted octanol–water partition coefficient (Wildman–Crippen LogP) is 10.1. The van der Waals surface area contributed by atoms with Crippen molar-refractivity contribution in [1.82, 2.24) is 4.90 Å². The average molecular weight is 506 g/mol. The summed E-state index contributed by atoms with van der Waals surface area (Å²) in [4.78, 5) is 2.62. The topological polar surface area (TPSA) is 15.8 Å². The maximum Gasteiger partial charge on any atom is 0.0810 e. The Kier molecular flexibility index (Phi) is 16.4. The lowest BCUT2D eigenvalue weighted by Crippen LogP contribution is -2.24. The predicted molar refractivity (Wildman–Crippen MR) is 160 cm³/mol. The van der Waals surface area contributed by atoms with Crippen molar-refractivity contribution >= 4 is 0 Å². The van der Waals surface area contributed by atoms with Crippen LogP contribution >= 0.6 is 0 Å². The summed E-state index contributed by atoms with van der Waals surface area (Å²) in [7, 11) is 0. The molecule has 2 aromatic carbocycles. The third-order valence-electron chi connectivity index (χ3n) is 7.90. The number of epoxide rings is 1. The highest BCUT2D eigenvalue weighted by atomic mass is 16.6. The van der Waals surface area contributed by atoms with E-state index in [-0.39, 0.29) is 0 Å². The summed E-state index contributed by atoms with van der Waals surface area (Å²) in [5.41, 5.74) is 2.84. The van der Waals surface area contributed by atoms with Crippen LogP contribution in [0.5, 0.6) is 0 Å². The Morgan fingerprint density at radius 3 is 1.22 bits per heavy atom. The first kappa shape index (κ1) is 29.9. The molecule has 0 radical (unpaired) electrons. The summed E-state index contributed by atoms with van der Waals surface area (Å²) in [5, 5.41) is 0. The summed E-state index contributed by atoms with van der Waals surface area (Å²) in [6.07, 6.45) is 26.2. The number of ether oxygens (including phenoxy) is 1. The fourth-order valence-electron chi connectivity index (χ4n) is 5.49. The third-order valence-corrected chi connectivity index (χ3v) is 7.90. The fraction of sp³-hybridized carbons (Fsp3) is 0.657. The quantitative estimate of drug-likeness (QED) is 0.104. The van der Waals surface area contributed by atoms with Gasteiger partial charge in [0.05, 0.1) is 12.7 Å². The lowest BCUT2D eigenvalue weighted by atomic mass is 10.0. The number of nitrogens with zero attached hydrogens (tertiary/aromatic N) is 1. The van der Waals surface area contributed by atoms with Crippen molar-refractivity contribution in [3.05, 3.63) is 71.8 Å². The van der Waals surface area contributed by atoms with E-state index in [1.807, 2.05) is 0 Å². The largest absolute Gasteiger partial charge is 0.373 e. The van der Waals surface area contributed by atoms with Crippen molar-refractivity contribution in [1.29, 1.82) is 0 Å². The second-order valence-corrected chi connectivity index (χ2v) is 11.4. The highest BCUT2D eigenvalue weighted by Crippen LogP contribution is 2.19. The van der Waals surface area contributed by atoms with Crippen LogP contribution in [0.4, 0.5) is 0 Å². The van der Waals surface area contributed by atoms with Crippen LogP contribution in [0.2, 0.25) is 0 Å². The molecule has 0 bridgehead atoms. The van der Waals surface area contributed by atoms with Crippen molar-refractivity contribution in [3.63, 3.8) is 0 Å². The lowest BCUT2D eigenvalue weighted by molar-refractivity contribution is 0.250. The molecule has 0 aromatic heterocycles. The van der Waals surface area contributed by atoms with Gasteiger partial charge in [0, 0.05) is 13.1 Å². The van der Waals surface area contributed by atoms with Crippen LogP contribution in [0.25, 0.3) is 0 Å². The Balaban J connectivity index is 1.09. The van der Waals surface area contributed by atoms with E-state index in [0.717, 1.165) is 19.7 Å². The Bertz CT molecular complexity index is 716. The molecule has 2 heteroatoms. The summed E-state index contributed by atoms with van der Waals surface area (Å²) < 4.78 is 5.28. The molecule has 2 nitrogen and oxygen atoms in total. The van der Waals surface area contributed by atoms with Gasteiger partial charge < -0.3 is 4.74 Å². The minimum Gasteiger partial charge on any atom is -0.373 e. The van der Waals surface area contributed by atoms with Gasteiger partial charge in [-0.1, -0.05) is 163 Å². The normalized spacial score (nSPS) is 14.9. The smallest absolute Gasteiger partial charge is 0.0810 e. The van der Waals surface area contributed by atoms with Crippen LogP contribution in [0.1, 0.15) is 127 Å². The molecule has 37 heavy (non-hydrogen) atoms. The Morgan fingerprint density at radius 1 is 0.486 bits per heavy atom. The van der Waals surface area contributed by atoms with Crippen LogP contribution in [-0.2, 0) is 17.8 Å². The summed E-state index contributed by atoms with van der Waals surface area (Å²) in [6.45, 7) is 4.32. The standard InChI is InChI=1S/C35H55NO/c1(2-4-6-8-10-12-14-22-28-35-32-37-35)3-5-7-9-11-13-15-23-29-36(30-33-24-18-16-19-25-33)31-34-26-20-17-21-27-34/h16-21,24-27,35H,1-15,22-23,28-32H2. The van der Waals surface area contributed by atoms with E-state index >= 15 is 0 Å². The van der Waals surface area contributed by atoms with Crippen molar-refractivity contribution < 1.29 is 4.74 Å². The molecule has 0 N–H and O–H groups in total. The highest BCUT2D eigenvalue weighted by Gasteiger charge is 2.20. The van der Waals surface area contributed by atoms with Gasteiger partial charge >= 0.3 is 0 Å². The molecule has 1 atom stereocenters. The average Bonchev–Trinajstić information content (AvgIpc) is 3.75. The molecular weight excluding hydrogens is 450 g/mol. The van der Waals surface area contributed by atoms with E-state index in [1.54, 1.807) is 0 Å². The number of unbranched alkanes of at least 4 members (excludes halogenated alkanes) is 16. The molecule has 1 aliphatic heterocycles. The number of rotatable bonds is 24. The lowest BCUT2D eigenvalue weighted by Gasteiger charge is -2.22. The van der Waals surface area contributed by atoms with Crippen molar-refractivity contribution in [2.75, 3.05) is 13.2 Å². The van der Waals surface area contributed by atoms with Gasteiger partial charge in [0.25, 0.3) is 0 Å². The monoisotopic (exact) mass is 505 g/mol. The molecule has 0 aliphatic carbocycles. The van der Waals surface area contributed by atoms with E-state index < -0.39 is 0 Å². The molecule has 2 aromatic rings. The van der Waals surface area contributed by atoms with Gasteiger partial charge in [-0.15, -0.1) is 0 Å². The van der Waals surface area contributed by atoms with E-state index in [2.05, 4.69) is 65.6 Å².